The highest BCUT2D eigenvalue weighted by Gasteiger charge is 2.29. The highest BCUT2D eigenvalue weighted by molar-refractivity contribution is 5.95. The summed E-state index contributed by atoms with van der Waals surface area (Å²) in [5, 5.41) is 0. The molecule has 1 unspecified atom stereocenters. The molecule has 1 aliphatic rings. The molecule has 0 spiro atoms. The number of amides is 1. The van der Waals surface area contributed by atoms with Crippen LogP contribution in [0.2, 0.25) is 0 Å². The first-order chi connectivity index (χ1) is 14.6. The van der Waals surface area contributed by atoms with E-state index in [9.17, 15) is 9.59 Å². The molecule has 3 aromatic heterocycles. The van der Waals surface area contributed by atoms with Gasteiger partial charge >= 0.3 is 0 Å². The Morgan fingerprint density at radius 3 is 2.77 bits per heavy atom. The smallest absolute Gasteiger partial charge is 0.268 e. The Kier molecular flexibility index (Phi) is 5.58. The van der Waals surface area contributed by atoms with Crippen LogP contribution in [0.4, 0.5) is 0 Å². The van der Waals surface area contributed by atoms with Crippen molar-refractivity contribution in [2.45, 2.75) is 13.0 Å². The largest absolute Gasteiger partial charge is 0.481 e. The number of rotatable bonds is 4. The quantitative estimate of drug-likeness (QED) is 0.660. The number of ether oxygens (including phenoxy) is 2. The van der Waals surface area contributed by atoms with Gasteiger partial charge < -0.3 is 14.4 Å². The molecule has 154 valence electrons. The molecular weight excluding hydrogens is 384 g/mol. The minimum absolute atomic E-state index is 0.148. The van der Waals surface area contributed by atoms with Gasteiger partial charge in [0.05, 0.1) is 37.8 Å². The van der Waals surface area contributed by atoms with E-state index < -0.39 is 0 Å². The van der Waals surface area contributed by atoms with E-state index in [2.05, 4.69) is 9.97 Å². The lowest BCUT2D eigenvalue weighted by atomic mass is 10.1. The third-order valence-electron chi connectivity index (χ3n) is 5.09. The van der Waals surface area contributed by atoms with Gasteiger partial charge in [-0.3, -0.25) is 19.1 Å². The van der Waals surface area contributed by atoms with E-state index in [-0.39, 0.29) is 23.1 Å². The van der Waals surface area contributed by atoms with E-state index >= 15 is 0 Å². The van der Waals surface area contributed by atoms with E-state index in [1.165, 1.54) is 17.9 Å². The Labute approximate surface area is 173 Å². The molecule has 8 heteroatoms. The molecule has 0 aliphatic carbocycles. The van der Waals surface area contributed by atoms with Crippen LogP contribution in [-0.2, 0) is 4.74 Å². The molecule has 1 saturated heterocycles. The number of hydrogen-bond acceptors (Lipinski definition) is 6. The van der Waals surface area contributed by atoms with Gasteiger partial charge in [0.1, 0.15) is 11.7 Å². The fraction of sp³-hybridized carbons (Fsp3) is 0.273. The Morgan fingerprint density at radius 2 is 2.07 bits per heavy atom. The van der Waals surface area contributed by atoms with Gasteiger partial charge in [0, 0.05) is 25.0 Å². The van der Waals surface area contributed by atoms with E-state index in [4.69, 9.17) is 9.47 Å². The highest BCUT2D eigenvalue weighted by Crippen LogP contribution is 2.22. The standard InChI is InChI=1S/C22H22N4O4/c1-15-8-10-26(16-6-7-19(29-2)24-13-16)22(28)20(15)21(27)25-11-12-30-18(14-25)17-5-3-4-9-23-17/h3-10,13,18H,11-12,14H2,1-2H3. The Bertz CT molecular complexity index is 1100. The first-order valence-corrected chi connectivity index (χ1v) is 9.63. The number of methoxy groups -OCH3 is 1. The molecule has 0 radical (unpaired) electrons. The maximum Gasteiger partial charge on any atom is 0.268 e. The fourth-order valence-electron chi connectivity index (χ4n) is 3.46. The van der Waals surface area contributed by atoms with Crippen LogP contribution in [0.3, 0.4) is 0 Å². The number of carbonyl (C=O) groups is 1. The van der Waals surface area contributed by atoms with Crippen LogP contribution in [0.15, 0.2) is 59.8 Å². The van der Waals surface area contributed by atoms with Gasteiger partial charge in [0.15, 0.2) is 0 Å². The number of nitrogens with zero attached hydrogens (tertiary/aromatic N) is 4. The summed E-state index contributed by atoms with van der Waals surface area (Å²) in [6.07, 6.45) is 4.56. The van der Waals surface area contributed by atoms with E-state index in [0.717, 1.165) is 5.69 Å². The number of pyridine rings is 3. The molecule has 1 atom stereocenters. The Hall–Kier alpha value is -3.52. The van der Waals surface area contributed by atoms with E-state index in [1.54, 1.807) is 42.4 Å². The van der Waals surface area contributed by atoms with Crippen molar-refractivity contribution < 1.29 is 14.3 Å². The molecule has 0 saturated carbocycles. The SMILES string of the molecule is COc1ccc(-n2ccc(C)c(C(=O)N3CCOC(c4ccccn4)C3)c2=O)cn1. The van der Waals surface area contributed by atoms with Crippen LogP contribution in [0.25, 0.3) is 5.69 Å². The highest BCUT2D eigenvalue weighted by atomic mass is 16.5. The summed E-state index contributed by atoms with van der Waals surface area (Å²) in [5.41, 5.74) is 1.72. The summed E-state index contributed by atoms with van der Waals surface area (Å²) in [6, 6.07) is 10.7. The van der Waals surface area contributed by atoms with Crippen LogP contribution in [0.1, 0.15) is 27.7 Å². The summed E-state index contributed by atoms with van der Waals surface area (Å²) in [7, 11) is 1.53. The summed E-state index contributed by atoms with van der Waals surface area (Å²) in [6.45, 7) is 2.91. The van der Waals surface area contributed by atoms with Crippen molar-refractivity contribution in [2.75, 3.05) is 26.8 Å². The molecule has 1 aliphatic heterocycles. The molecule has 30 heavy (non-hydrogen) atoms. The van der Waals surface area contributed by atoms with Crippen LogP contribution < -0.4 is 10.3 Å². The molecule has 1 amide bonds. The maximum atomic E-state index is 13.3. The van der Waals surface area contributed by atoms with Crippen molar-refractivity contribution in [1.29, 1.82) is 0 Å². The molecule has 4 rings (SSSR count). The first kappa shape index (κ1) is 19.8. The Balaban J connectivity index is 1.64. The van der Waals surface area contributed by atoms with Crippen LogP contribution in [-0.4, -0.2) is 52.1 Å². The number of aryl methyl sites for hydroxylation is 1. The Morgan fingerprint density at radius 1 is 1.20 bits per heavy atom. The van der Waals surface area contributed by atoms with Gasteiger partial charge in [-0.2, -0.15) is 0 Å². The summed E-state index contributed by atoms with van der Waals surface area (Å²) in [5.74, 6) is 0.140. The van der Waals surface area contributed by atoms with Gasteiger partial charge in [-0.25, -0.2) is 4.98 Å². The molecule has 0 bridgehead atoms. The van der Waals surface area contributed by atoms with Crippen LogP contribution >= 0.6 is 0 Å². The maximum absolute atomic E-state index is 13.3. The monoisotopic (exact) mass is 406 g/mol. The lowest BCUT2D eigenvalue weighted by Gasteiger charge is -2.33. The van der Waals surface area contributed by atoms with E-state index in [1.807, 2.05) is 18.2 Å². The number of morpholine rings is 1. The summed E-state index contributed by atoms with van der Waals surface area (Å²) < 4.78 is 12.3. The second-order valence-electron chi connectivity index (χ2n) is 6.97. The second kappa shape index (κ2) is 8.46. The number of aromatic nitrogens is 3. The average molecular weight is 406 g/mol. The molecule has 0 N–H and O–H groups in total. The van der Waals surface area contributed by atoms with Crippen molar-refractivity contribution in [3.63, 3.8) is 0 Å². The van der Waals surface area contributed by atoms with Gasteiger partial charge in [0.25, 0.3) is 11.5 Å². The van der Waals surface area contributed by atoms with Crippen LogP contribution in [0, 0.1) is 6.92 Å². The van der Waals surface area contributed by atoms with Gasteiger partial charge in [-0.05, 0) is 36.8 Å². The van der Waals surface area contributed by atoms with Crippen molar-refractivity contribution in [1.82, 2.24) is 19.4 Å². The predicted molar refractivity (Wildman–Crippen MR) is 110 cm³/mol. The fourth-order valence-corrected chi connectivity index (χ4v) is 3.46. The van der Waals surface area contributed by atoms with E-state index in [0.29, 0.717) is 36.8 Å². The van der Waals surface area contributed by atoms with Crippen LogP contribution in [0.5, 0.6) is 5.88 Å². The van der Waals surface area contributed by atoms with Gasteiger partial charge in [-0.15, -0.1) is 0 Å². The van der Waals surface area contributed by atoms with Gasteiger partial charge in [0.2, 0.25) is 5.88 Å². The lowest BCUT2D eigenvalue weighted by Crippen LogP contribution is -2.45. The topological polar surface area (TPSA) is 86.5 Å². The number of hydrogen-bond donors (Lipinski definition) is 0. The normalized spacial score (nSPS) is 16.3. The predicted octanol–water partition coefficient (Wildman–Crippen LogP) is 2.16. The third-order valence-corrected chi connectivity index (χ3v) is 5.09. The van der Waals surface area contributed by atoms with Crippen molar-refractivity contribution in [3.8, 4) is 11.6 Å². The number of carbonyl (C=O) groups excluding carboxylic acids is 1. The van der Waals surface area contributed by atoms with Crippen molar-refractivity contribution >= 4 is 5.91 Å². The summed E-state index contributed by atoms with van der Waals surface area (Å²) in [4.78, 5) is 36.6. The molecule has 8 nitrogen and oxygen atoms in total. The third kappa shape index (κ3) is 3.81. The molecule has 4 heterocycles. The van der Waals surface area contributed by atoms with Crippen molar-refractivity contribution in [3.05, 3.63) is 82.2 Å². The zero-order valence-corrected chi connectivity index (χ0v) is 16.8. The summed E-state index contributed by atoms with van der Waals surface area (Å²) >= 11 is 0. The zero-order chi connectivity index (χ0) is 21.1. The lowest BCUT2D eigenvalue weighted by molar-refractivity contribution is -0.0248. The van der Waals surface area contributed by atoms with Crippen molar-refractivity contribution in [2.24, 2.45) is 0 Å². The molecule has 1 fully saturated rings. The first-order valence-electron chi connectivity index (χ1n) is 9.63. The minimum atomic E-state index is -0.382. The average Bonchev–Trinajstić information content (AvgIpc) is 2.80. The minimum Gasteiger partial charge on any atom is -0.481 e. The zero-order valence-electron chi connectivity index (χ0n) is 16.8. The molecular formula is C22H22N4O4. The van der Waals surface area contributed by atoms with Gasteiger partial charge in [-0.1, -0.05) is 6.07 Å². The molecule has 3 aromatic rings. The second-order valence-corrected chi connectivity index (χ2v) is 6.97. The molecule has 0 aromatic carbocycles.